The van der Waals surface area contributed by atoms with Gasteiger partial charge in [0.25, 0.3) is 0 Å². The lowest BCUT2D eigenvalue weighted by molar-refractivity contribution is -0.136. The van der Waals surface area contributed by atoms with Gasteiger partial charge in [0.2, 0.25) is 53.2 Å². The van der Waals surface area contributed by atoms with E-state index in [1.54, 1.807) is 0 Å². The standard InChI is InChI=1S/C47H88N12O11/c1-8-9-10-11-12-13-30(61)25-39(62)52-38(26-60)47(70)56-34-17-21-51-40(63)35(22-27(2)3)57-42(65)32(15-19-49)53-41(64)31(14-18-48)55-45(68)36(23-28(4)5)59-46(69)37(24-29(6)7)58-43(66)33(16-20-50)54-44(34)67/h27-38,60-61H,8-26,48-50H2,1-7H3,(H,51,63)(H,52,62)(H,53,64)(H,54,67)(H,55,68)(H,56,70)(H,57,65)(H,58,66)(H,59,69)/t30?,31-,32-,33?,34?,35?,36-,37+,38+/m0/s1. The fourth-order valence-electron chi connectivity index (χ4n) is 7.80. The molecule has 1 heterocycles. The molecule has 1 aliphatic heterocycles. The van der Waals surface area contributed by atoms with Crippen molar-refractivity contribution in [3.8, 4) is 0 Å². The Labute approximate surface area is 414 Å². The third kappa shape index (κ3) is 24.7. The number of aliphatic hydroxyl groups excluding tert-OH is 2. The highest BCUT2D eigenvalue weighted by atomic mass is 16.3. The van der Waals surface area contributed by atoms with E-state index >= 15 is 0 Å². The van der Waals surface area contributed by atoms with Gasteiger partial charge >= 0.3 is 0 Å². The lowest BCUT2D eigenvalue weighted by Gasteiger charge is -2.29. The van der Waals surface area contributed by atoms with E-state index in [0.717, 1.165) is 25.7 Å². The number of rotatable bonds is 24. The first-order valence-corrected chi connectivity index (χ1v) is 25.2. The average molecular weight is 997 g/mol. The number of amides is 9. The van der Waals surface area contributed by atoms with Gasteiger partial charge < -0.3 is 75.3 Å². The van der Waals surface area contributed by atoms with E-state index in [1.807, 2.05) is 41.5 Å². The van der Waals surface area contributed by atoms with Crippen LogP contribution in [0.4, 0.5) is 0 Å². The highest BCUT2D eigenvalue weighted by Crippen LogP contribution is 2.13. The van der Waals surface area contributed by atoms with Crippen molar-refractivity contribution < 1.29 is 53.4 Å². The molecular formula is C47H88N12O11. The highest BCUT2D eigenvalue weighted by Gasteiger charge is 2.35. The zero-order valence-corrected chi connectivity index (χ0v) is 42.7. The summed E-state index contributed by atoms with van der Waals surface area (Å²) < 4.78 is 0. The quantitative estimate of drug-likeness (QED) is 0.0452. The minimum Gasteiger partial charge on any atom is -0.394 e. The van der Waals surface area contributed by atoms with Gasteiger partial charge in [-0.3, -0.25) is 43.2 Å². The molecule has 70 heavy (non-hydrogen) atoms. The SMILES string of the molecule is CCCCCCCC(O)CC(=O)N[C@H](CO)C(=O)NC1CCNC(=O)C(CC(C)C)NC(=O)[C@H](CCN)NC(=O)[C@H](CCN)NC(=O)[C@H](CC(C)C)NC(=O)[C@@H](CC(C)C)NC(=O)C(CCN)NC1=O. The molecule has 0 aromatic heterocycles. The van der Waals surface area contributed by atoms with Crippen LogP contribution in [0.25, 0.3) is 0 Å². The molecule has 17 N–H and O–H groups in total. The Morgan fingerprint density at radius 2 is 0.971 bits per heavy atom. The largest absolute Gasteiger partial charge is 0.394 e. The smallest absolute Gasteiger partial charge is 0.245 e. The van der Waals surface area contributed by atoms with Crippen LogP contribution in [0.15, 0.2) is 0 Å². The summed E-state index contributed by atoms with van der Waals surface area (Å²) in [6.45, 7) is 11.6. The summed E-state index contributed by atoms with van der Waals surface area (Å²) in [4.78, 5) is 124. The van der Waals surface area contributed by atoms with Crippen LogP contribution in [0, 0.1) is 17.8 Å². The van der Waals surface area contributed by atoms with Crippen LogP contribution in [0.5, 0.6) is 0 Å². The second kappa shape index (κ2) is 34.4. The molecule has 23 heteroatoms. The Morgan fingerprint density at radius 3 is 1.37 bits per heavy atom. The summed E-state index contributed by atoms with van der Waals surface area (Å²) in [7, 11) is 0. The van der Waals surface area contributed by atoms with Crippen LogP contribution < -0.4 is 65.1 Å². The predicted octanol–water partition coefficient (Wildman–Crippen LogP) is -2.33. The molecule has 9 atom stereocenters. The van der Waals surface area contributed by atoms with E-state index in [1.165, 1.54) is 0 Å². The van der Waals surface area contributed by atoms with E-state index in [9.17, 15) is 53.4 Å². The summed E-state index contributed by atoms with van der Waals surface area (Å²) in [6, 6.07) is -10.6. The van der Waals surface area contributed by atoms with E-state index in [4.69, 9.17) is 17.2 Å². The number of nitrogens with two attached hydrogens (primary N) is 3. The van der Waals surface area contributed by atoms with Gasteiger partial charge in [0.1, 0.15) is 48.3 Å². The zero-order valence-electron chi connectivity index (χ0n) is 42.7. The van der Waals surface area contributed by atoms with Gasteiger partial charge in [0.15, 0.2) is 0 Å². The van der Waals surface area contributed by atoms with Crippen molar-refractivity contribution >= 4 is 53.2 Å². The van der Waals surface area contributed by atoms with Gasteiger partial charge in [-0.1, -0.05) is 80.6 Å². The molecular weight excluding hydrogens is 909 g/mol. The molecule has 23 nitrogen and oxygen atoms in total. The van der Waals surface area contributed by atoms with E-state index < -0.39 is 114 Å². The van der Waals surface area contributed by atoms with Crippen LogP contribution in [-0.4, -0.2) is 151 Å². The molecule has 1 aliphatic rings. The Morgan fingerprint density at radius 1 is 0.586 bits per heavy atom. The minimum absolute atomic E-state index is 0.0412. The first-order chi connectivity index (χ1) is 33.1. The number of hydrogen-bond donors (Lipinski definition) is 14. The Balaban J connectivity index is 3.76. The molecule has 0 aromatic carbocycles. The molecule has 0 bridgehead atoms. The van der Waals surface area contributed by atoms with Crippen molar-refractivity contribution in [2.24, 2.45) is 35.0 Å². The van der Waals surface area contributed by atoms with Crippen molar-refractivity contribution in [3.05, 3.63) is 0 Å². The van der Waals surface area contributed by atoms with Gasteiger partial charge in [0.05, 0.1) is 19.1 Å². The van der Waals surface area contributed by atoms with Crippen molar-refractivity contribution in [1.82, 2.24) is 47.9 Å². The third-order valence-electron chi connectivity index (χ3n) is 11.5. The predicted molar refractivity (Wildman–Crippen MR) is 264 cm³/mol. The molecule has 9 amide bonds. The highest BCUT2D eigenvalue weighted by molar-refractivity contribution is 5.98. The maximum Gasteiger partial charge on any atom is 0.245 e. The first kappa shape index (κ1) is 63.0. The number of hydrogen-bond acceptors (Lipinski definition) is 14. The van der Waals surface area contributed by atoms with E-state index in [2.05, 4.69) is 54.8 Å². The fourth-order valence-corrected chi connectivity index (χ4v) is 7.80. The van der Waals surface area contributed by atoms with Crippen LogP contribution in [0.3, 0.4) is 0 Å². The van der Waals surface area contributed by atoms with Crippen molar-refractivity contribution in [1.29, 1.82) is 0 Å². The third-order valence-corrected chi connectivity index (χ3v) is 11.5. The normalized spacial score (nSPS) is 23.8. The summed E-state index contributed by atoms with van der Waals surface area (Å²) in [5.41, 5.74) is 17.6. The number of unbranched alkanes of at least 4 members (excludes halogenated alkanes) is 4. The molecule has 0 aromatic rings. The monoisotopic (exact) mass is 997 g/mol. The topological polar surface area (TPSA) is 380 Å². The summed E-state index contributed by atoms with van der Waals surface area (Å²) in [5, 5.41) is 44.2. The minimum atomic E-state index is -1.57. The molecule has 1 rings (SSSR count). The number of nitrogens with one attached hydrogen (secondary N) is 9. The van der Waals surface area contributed by atoms with Crippen LogP contribution in [-0.2, 0) is 43.2 Å². The molecule has 0 radical (unpaired) electrons. The second-order valence-electron chi connectivity index (χ2n) is 19.5. The lowest BCUT2D eigenvalue weighted by Crippen LogP contribution is -2.61. The van der Waals surface area contributed by atoms with Crippen molar-refractivity contribution in [2.45, 2.75) is 193 Å². The number of aliphatic hydroxyl groups is 2. The summed E-state index contributed by atoms with van der Waals surface area (Å²) >= 11 is 0. The Bertz CT molecular complexity index is 1670. The van der Waals surface area contributed by atoms with Gasteiger partial charge in [-0.05, 0) is 88.8 Å². The maximum atomic E-state index is 14.2. The van der Waals surface area contributed by atoms with Gasteiger partial charge in [-0.15, -0.1) is 0 Å². The van der Waals surface area contributed by atoms with Crippen molar-refractivity contribution in [2.75, 3.05) is 32.8 Å². The maximum absolute atomic E-state index is 14.2. The molecule has 0 aliphatic carbocycles. The van der Waals surface area contributed by atoms with Crippen molar-refractivity contribution in [3.63, 3.8) is 0 Å². The second-order valence-corrected chi connectivity index (χ2v) is 19.5. The number of carbonyl (C=O) groups is 9. The molecule has 1 fully saturated rings. The average Bonchev–Trinajstić information content (AvgIpc) is 3.28. The molecule has 402 valence electrons. The molecule has 1 saturated heterocycles. The van der Waals surface area contributed by atoms with Gasteiger partial charge in [-0.25, -0.2) is 0 Å². The zero-order chi connectivity index (χ0) is 52.9. The van der Waals surface area contributed by atoms with Crippen LogP contribution in [0.1, 0.15) is 138 Å². The van der Waals surface area contributed by atoms with Crippen LogP contribution >= 0.6 is 0 Å². The fraction of sp³-hybridized carbons (Fsp3) is 0.809. The molecule has 4 unspecified atom stereocenters. The van der Waals surface area contributed by atoms with E-state index in [-0.39, 0.29) is 95.3 Å². The Kier molecular flexibility index (Phi) is 31.0. The van der Waals surface area contributed by atoms with Crippen LogP contribution in [0.2, 0.25) is 0 Å². The molecule has 0 saturated carbocycles. The first-order valence-electron chi connectivity index (χ1n) is 25.2. The Hall–Kier alpha value is -4.97. The summed E-state index contributed by atoms with van der Waals surface area (Å²) in [5.74, 6) is -7.53. The van der Waals surface area contributed by atoms with Gasteiger partial charge in [0, 0.05) is 6.54 Å². The summed E-state index contributed by atoms with van der Waals surface area (Å²) in [6.07, 6.45) is 3.53. The number of carbonyl (C=O) groups excluding carboxylic acids is 9. The van der Waals surface area contributed by atoms with Gasteiger partial charge in [-0.2, -0.15) is 0 Å². The van der Waals surface area contributed by atoms with E-state index in [0.29, 0.717) is 12.8 Å². The molecule has 0 spiro atoms. The lowest BCUT2D eigenvalue weighted by atomic mass is 9.99.